The van der Waals surface area contributed by atoms with E-state index in [9.17, 15) is 0 Å². The van der Waals surface area contributed by atoms with E-state index >= 15 is 0 Å². The maximum Gasteiger partial charge on any atom is -0.00189 e. The van der Waals surface area contributed by atoms with E-state index in [-0.39, 0.29) is 48.0 Å². The predicted octanol–water partition coefficient (Wildman–Crippen LogP) is 4.00. The normalized spacial score (nSPS) is 9.69. The molecule has 0 saturated carbocycles. The van der Waals surface area contributed by atoms with Crippen LogP contribution in [-0.2, 0) is 0 Å². The van der Waals surface area contributed by atoms with Crippen LogP contribution in [0.25, 0.3) is 0 Å². The Bertz CT molecular complexity index is 83.0. The topological polar surface area (TPSA) is 3.24 Å². The molecule has 0 radical (unpaired) electrons. The lowest BCUT2D eigenvalue weighted by Crippen LogP contribution is -2.24. The SMILES string of the molecule is CCN(CC)CCCC(C)C.I.I. The molecule has 0 N–H and O–H groups in total. The smallest absolute Gasteiger partial charge is 0.00189 e. The van der Waals surface area contributed by atoms with E-state index in [1.165, 1.54) is 32.5 Å². The molecular weight excluding hydrogens is 388 g/mol. The van der Waals surface area contributed by atoms with Crippen molar-refractivity contribution in [3.63, 3.8) is 0 Å². The fraction of sp³-hybridized carbons (Fsp3) is 1.00. The second-order valence-electron chi connectivity index (χ2n) is 3.56. The van der Waals surface area contributed by atoms with Crippen LogP contribution in [0.3, 0.4) is 0 Å². The molecule has 0 heterocycles. The summed E-state index contributed by atoms with van der Waals surface area (Å²) in [6.07, 6.45) is 2.73. The van der Waals surface area contributed by atoms with Crippen LogP contribution in [0.2, 0.25) is 0 Å². The van der Waals surface area contributed by atoms with E-state index in [0.717, 1.165) is 5.92 Å². The average molecular weight is 413 g/mol. The summed E-state index contributed by atoms with van der Waals surface area (Å²) >= 11 is 0. The Morgan fingerprint density at radius 1 is 1.00 bits per heavy atom. The van der Waals surface area contributed by atoms with E-state index < -0.39 is 0 Å². The Morgan fingerprint density at radius 3 is 1.77 bits per heavy atom. The zero-order chi connectivity index (χ0) is 8.69. The minimum absolute atomic E-state index is 0. The van der Waals surface area contributed by atoms with E-state index in [4.69, 9.17) is 0 Å². The van der Waals surface area contributed by atoms with Crippen LogP contribution in [0.4, 0.5) is 0 Å². The van der Waals surface area contributed by atoms with Gasteiger partial charge in [-0.3, -0.25) is 0 Å². The van der Waals surface area contributed by atoms with Crippen LogP contribution in [0.1, 0.15) is 40.5 Å². The first-order chi connectivity index (χ1) is 5.20. The third kappa shape index (κ3) is 13.4. The molecule has 0 unspecified atom stereocenters. The van der Waals surface area contributed by atoms with Gasteiger partial charge in [-0.15, -0.1) is 48.0 Å². The average Bonchev–Trinajstić information content (AvgIpc) is 1.98. The molecule has 3 heteroatoms. The molecule has 0 spiro atoms. The molecule has 0 rings (SSSR count). The molecule has 0 aromatic rings. The van der Waals surface area contributed by atoms with Crippen molar-refractivity contribution < 1.29 is 0 Å². The van der Waals surface area contributed by atoms with Gasteiger partial charge in [0.05, 0.1) is 0 Å². The summed E-state index contributed by atoms with van der Waals surface area (Å²) in [7, 11) is 0. The fourth-order valence-corrected chi connectivity index (χ4v) is 1.26. The highest BCUT2D eigenvalue weighted by Crippen LogP contribution is 2.04. The van der Waals surface area contributed by atoms with Gasteiger partial charge in [0, 0.05) is 0 Å². The van der Waals surface area contributed by atoms with Gasteiger partial charge in [-0.25, -0.2) is 0 Å². The third-order valence-electron chi connectivity index (χ3n) is 2.15. The molecule has 0 aromatic heterocycles. The van der Waals surface area contributed by atoms with Gasteiger partial charge in [-0.05, 0) is 38.4 Å². The summed E-state index contributed by atoms with van der Waals surface area (Å²) in [4.78, 5) is 2.49. The molecule has 0 bridgehead atoms. The first kappa shape index (κ1) is 19.9. The second-order valence-corrected chi connectivity index (χ2v) is 3.56. The van der Waals surface area contributed by atoms with E-state index in [2.05, 4.69) is 32.6 Å². The monoisotopic (exact) mass is 413 g/mol. The lowest BCUT2D eigenvalue weighted by molar-refractivity contribution is 0.290. The molecule has 0 saturated heterocycles. The van der Waals surface area contributed by atoms with Crippen molar-refractivity contribution in [2.45, 2.75) is 40.5 Å². The van der Waals surface area contributed by atoms with Crippen LogP contribution in [0.15, 0.2) is 0 Å². The Kier molecular flexibility index (Phi) is 20.6. The largest absolute Gasteiger partial charge is 0.304 e. The van der Waals surface area contributed by atoms with Crippen LogP contribution >= 0.6 is 48.0 Å². The Balaban J connectivity index is -0.000000500. The van der Waals surface area contributed by atoms with Gasteiger partial charge in [0.15, 0.2) is 0 Å². The lowest BCUT2D eigenvalue weighted by atomic mass is 10.1. The quantitative estimate of drug-likeness (QED) is 0.596. The van der Waals surface area contributed by atoms with Gasteiger partial charge in [0.1, 0.15) is 0 Å². The van der Waals surface area contributed by atoms with Crippen molar-refractivity contribution in [1.82, 2.24) is 4.90 Å². The lowest BCUT2D eigenvalue weighted by Gasteiger charge is -2.18. The zero-order valence-electron chi connectivity index (χ0n) is 9.38. The summed E-state index contributed by atoms with van der Waals surface area (Å²) in [6.45, 7) is 12.7. The van der Waals surface area contributed by atoms with Gasteiger partial charge >= 0.3 is 0 Å². The molecule has 0 fully saturated rings. The number of rotatable bonds is 6. The molecule has 0 atom stereocenters. The van der Waals surface area contributed by atoms with Crippen molar-refractivity contribution >= 4 is 48.0 Å². The van der Waals surface area contributed by atoms with Crippen molar-refractivity contribution in [2.24, 2.45) is 5.92 Å². The van der Waals surface area contributed by atoms with Gasteiger partial charge in [0.25, 0.3) is 0 Å². The molecule has 0 aliphatic rings. The molecule has 13 heavy (non-hydrogen) atoms. The Morgan fingerprint density at radius 2 is 1.46 bits per heavy atom. The standard InChI is InChI=1S/C10H23N.2HI/c1-5-11(6-2)9-7-8-10(3)4;;/h10H,5-9H2,1-4H3;2*1H. The van der Waals surface area contributed by atoms with Crippen molar-refractivity contribution in [2.75, 3.05) is 19.6 Å². The Labute approximate surface area is 118 Å². The zero-order valence-corrected chi connectivity index (χ0v) is 14.0. The first-order valence-electron chi connectivity index (χ1n) is 4.93. The summed E-state index contributed by atoms with van der Waals surface area (Å²) in [5.41, 5.74) is 0. The molecule has 1 nitrogen and oxygen atoms in total. The van der Waals surface area contributed by atoms with Crippen LogP contribution in [0, 0.1) is 5.92 Å². The molecule has 0 aliphatic carbocycles. The summed E-state index contributed by atoms with van der Waals surface area (Å²) in [6, 6.07) is 0. The highest BCUT2D eigenvalue weighted by Gasteiger charge is 1.99. The van der Waals surface area contributed by atoms with Crippen molar-refractivity contribution in [3.8, 4) is 0 Å². The van der Waals surface area contributed by atoms with Gasteiger partial charge < -0.3 is 4.90 Å². The molecular formula is C10H25I2N. The van der Waals surface area contributed by atoms with Crippen LogP contribution < -0.4 is 0 Å². The first-order valence-corrected chi connectivity index (χ1v) is 4.93. The van der Waals surface area contributed by atoms with E-state index in [1.807, 2.05) is 0 Å². The minimum Gasteiger partial charge on any atom is -0.304 e. The number of halogens is 2. The number of nitrogens with zero attached hydrogens (tertiary/aromatic N) is 1. The highest BCUT2D eigenvalue weighted by molar-refractivity contribution is 14.0. The highest BCUT2D eigenvalue weighted by atomic mass is 127. The maximum atomic E-state index is 2.49. The predicted molar refractivity (Wildman–Crippen MR) is 82.7 cm³/mol. The second kappa shape index (κ2) is 13.4. The molecule has 0 amide bonds. The van der Waals surface area contributed by atoms with Gasteiger partial charge in [-0.2, -0.15) is 0 Å². The van der Waals surface area contributed by atoms with Gasteiger partial charge in [-0.1, -0.05) is 27.7 Å². The number of hydrogen-bond acceptors (Lipinski definition) is 1. The number of hydrogen-bond donors (Lipinski definition) is 0. The van der Waals surface area contributed by atoms with Gasteiger partial charge in [0.2, 0.25) is 0 Å². The Hall–Kier alpha value is 1.42. The minimum atomic E-state index is 0. The maximum absolute atomic E-state index is 2.49. The summed E-state index contributed by atoms with van der Waals surface area (Å²) < 4.78 is 0. The van der Waals surface area contributed by atoms with Crippen LogP contribution in [-0.4, -0.2) is 24.5 Å². The van der Waals surface area contributed by atoms with Crippen LogP contribution in [0.5, 0.6) is 0 Å². The fourth-order valence-electron chi connectivity index (χ4n) is 1.26. The van der Waals surface area contributed by atoms with Crippen molar-refractivity contribution in [3.05, 3.63) is 0 Å². The molecule has 0 aliphatic heterocycles. The summed E-state index contributed by atoms with van der Waals surface area (Å²) in [5.74, 6) is 0.866. The molecule has 84 valence electrons. The van der Waals surface area contributed by atoms with E-state index in [1.54, 1.807) is 0 Å². The third-order valence-corrected chi connectivity index (χ3v) is 2.15. The molecule has 0 aromatic carbocycles. The summed E-state index contributed by atoms with van der Waals surface area (Å²) in [5, 5.41) is 0. The van der Waals surface area contributed by atoms with Crippen molar-refractivity contribution in [1.29, 1.82) is 0 Å². The van der Waals surface area contributed by atoms with E-state index in [0.29, 0.717) is 0 Å².